The van der Waals surface area contributed by atoms with Crippen LogP contribution in [0.2, 0.25) is 0 Å². The fourth-order valence-corrected chi connectivity index (χ4v) is 7.48. The number of imidazole rings is 1. The number of pyridine rings is 1. The standard InChI is InChI=1S/C30H33N5O3/c1-37-9-8-33-27-22(32-29(33)24-12-18-4-3-7-31-28(18)34(24)15-17-5-6-17)11-20(14-25(27)38-2)30(36)35-16-21-10-19-13-23(35)26(19)21/h3-4,7,11-12,14,17,19,21,23,26H,5-6,8-10,13,15-16H2,1-2H3/t19?,21-,23-,26-/m1/s1. The number of carbonyl (C=O) groups excluding carboxylic acids is 1. The zero-order chi connectivity index (χ0) is 25.5. The molecule has 4 aromatic rings. The highest BCUT2D eigenvalue weighted by atomic mass is 16.5. The van der Waals surface area contributed by atoms with Crippen molar-refractivity contribution in [2.24, 2.45) is 23.7 Å². The van der Waals surface area contributed by atoms with Gasteiger partial charge in [0.15, 0.2) is 5.82 Å². The van der Waals surface area contributed by atoms with Gasteiger partial charge in [-0.25, -0.2) is 9.97 Å². The summed E-state index contributed by atoms with van der Waals surface area (Å²) in [4.78, 5) is 25.8. The largest absolute Gasteiger partial charge is 0.494 e. The molecule has 8 heteroatoms. The number of aromatic nitrogens is 4. The van der Waals surface area contributed by atoms with E-state index < -0.39 is 0 Å². The maximum atomic E-state index is 13.7. The first-order valence-corrected chi connectivity index (χ1v) is 14.0. The lowest BCUT2D eigenvalue weighted by atomic mass is 9.53. The van der Waals surface area contributed by atoms with Gasteiger partial charge >= 0.3 is 0 Å². The van der Waals surface area contributed by atoms with E-state index in [2.05, 4.69) is 26.2 Å². The Hall–Kier alpha value is -3.39. The molecule has 196 valence electrons. The first-order valence-electron chi connectivity index (χ1n) is 14.0. The molecule has 4 fully saturated rings. The van der Waals surface area contributed by atoms with Crippen molar-refractivity contribution in [3.05, 3.63) is 42.1 Å². The molecule has 3 aliphatic carbocycles. The number of hydrogen-bond acceptors (Lipinski definition) is 5. The van der Waals surface area contributed by atoms with Gasteiger partial charge in [0.05, 0.1) is 24.9 Å². The summed E-state index contributed by atoms with van der Waals surface area (Å²) in [6.45, 7) is 3.00. The third kappa shape index (κ3) is 3.22. The SMILES string of the molecule is COCCn1c(-c2cc3cccnc3n2CC2CC2)nc2cc(C(=O)N3C[C@H]4CC5C[C@@H]3[C@H]54)cc(OC)c21. The molecule has 0 bridgehead atoms. The molecule has 3 saturated carbocycles. The van der Waals surface area contributed by atoms with Crippen molar-refractivity contribution in [3.8, 4) is 17.3 Å². The Balaban J connectivity index is 1.27. The van der Waals surface area contributed by atoms with Crippen LogP contribution in [-0.4, -0.2) is 63.3 Å². The number of rotatable bonds is 8. The van der Waals surface area contributed by atoms with E-state index in [4.69, 9.17) is 19.4 Å². The summed E-state index contributed by atoms with van der Waals surface area (Å²) in [5, 5.41) is 1.11. The predicted octanol–water partition coefficient (Wildman–Crippen LogP) is 4.60. The van der Waals surface area contributed by atoms with Crippen LogP contribution in [0.3, 0.4) is 0 Å². The molecule has 1 amide bonds. The first-order chi connectivity index (χ1) is 18.6. The highest BCUT2D eigenvalue weighted by Crippen LogP contribution is 2.60. The number of ether oxygens (including phenoxy) is 2. The van der Waals surface area contributed by atoms with Gasteiger partial charge in [0, 0.05) is 49.9 Å². The van der Waals surface area contributed by atoms with Crippen molar-refractivity contribution < 1.29 is 14.3 Å². The third-order valence-corrected chi connectivity index (χ3v) is 9.59. The van der Waals surface area contributed by atoms with E-state index in [1.54, 1.807) is 14.2 Å². The highest BCUT2D eigenvalue weighted by molar-refractivity contribution is 6.00. The molecule has 4 aliphatic rings. The second-order valence-corrected chi connectivity index (χ2v) is 11.7. The molecule has 0 N–H and O–H groups in total. The summed E-state index contributed by atoms with van der Waals surface area (Å²) in [6, 6.07) is 10.6. The molecule has 0 radical (unpaired) electrons. The van der Waals surface area contributed by atoms with Crippen LogP contribution in [0.4, 0.5) is 0 Å². The van der Waals surface area contributed by atoms with Crippen molar-refractivity contribution in [1.29, 1.82) is 0 Å². The molecule has 38 heavy (non-hydrogen) atoms. The molecule has 1 aliphatic heterocycles. The lowest BCUT2D eigenvalue weighted by Gasteiger charge is -2.52. The van der Waals surface area contributed by atoms with E-state index in [1.807, 2.05) is 24.4 Å². The molecule has 1 aromatic carbocycles. The van der Waals surface area contributed by atoms with Crippen LogP contribution < -0.4 is 4.74 Å². The van der Waals surface area contributed by atoms with Gasteiger partial charge in [-0.2, -0.15) is 0 Å². The topological polar surface area (TPSA) is 74.4 Å². The normalized spacial score (nSPS) is 25.5. The minimum atomic E-state index is 0.114. The van der Waals surface area contributed by atoms with Crippen LogP contribution in [0, 0.1) is 23.7 Å². The number of fused-ring (bicyclic) bond motifs is 2. The first kappa shape index (κ1) is 22.6. The van der Waals surface area contributed by atoms with E-state index >= 15 is 0 Å². The number of likely N-dealkylation sites (tertiary alicyclic amines) is 1. The van der Waals surface area contributed by atoms with Gasteiger partial charge in [-0.3, -0.25) is 4.79 Å². The smallest absolute Gasteiger partial charge is 0.254 e. The van der Waals surface area contributed by atoms with Gasteiger partial charge < -0.3 is 23.5 Å². The quantitative estimate of drug-likeness (QED) is 0.346. The van der Waals surface area contributed by atoms with Crippen molar-refractivity contribution in [2.45, 2.75) is 44.8 Å². The van der Waals surface area contributed by atoms with Gasteiger partial charge in [-0.15, -0.1) is 0 Å². The summed E-state index contributed by atoms with van der Waals surface area (Å²) in [6.07, 6.45) is 6.84. The number of amides is 1. The fraction of sp³-hybridized carbons (Fsp3) is 0.500. The van der Waals surface area contributed by atoms with Crippen LogP contribution in [0.25, 0.3) is 33.6 Å². The summed E-state index contributed by atoms with van der Waals surface area (Å²) >= 11 is 0. The number of benzene rings is 1. The molecule has 1 saturated heterocycles. The average molecular weight is 512 g/mol. The van der Waals surface area contributed by atoms with Gasteiger partial charge in [0.2, 0.25) is 0 Å². The average Bonchev–Trinajstić information content (AvgIpc) is 3.57. The molecular formula is C30H33N5O3. The van der Waals surface area contributed by atoms with Crippen LogP contribution in [0.15, 0.2) is 36.5 Å². The number of hydrogen-bond donors (Lipinski definition) is 0. The van der Waals surface area contributed by atoms with Crippen molar-refractivity contribution in [1.82, 2.24) is 24.0 Å². The van der Waals surface area contributed by atoms with Gasteiger partial charge in [-0.05, 0) is 79.7 Å². The van der Waals surface area contributed by atoms with Crippen molar-refractivity contribution in [2.75, 3.05) is 27.4 Å². The Bertz CT molecular complexity index is 1580. The summed E-state index contributed by atoms with van der Waals surface area (Å²) < 4.78 is 15.9. The molecule has 8 nitrogen and oxygen atoms in total. The van der Waals surface area contributed by atoms with E-state index in [0.717, 1.165) is 58.5 Å². The second-order valence-electron chi connectivity index (χ2n) is 11.7. The predicted molar refractivity (Wildman–Crippen MR) is 144 cm³/mol. The molecule has 0 spiro atoms. The molecular weight excluding hydrogens is 478 g/mol. The Labute approximate surface area is 221 Å². The Morgan fingerprint density at radius 1 is 1.11 bits per heavy atom. The van der Waals surface area contributed by atoms with Gasteiger partial charge in [0.1, 0.15) is 16.9 Å². The maximum absolute atomic E-state index is 13.7. The van der Waals surface area contributed by atoms with Gasteiger partial charge in [-0.1, -0.05) is 0 Å². The van der Waals surface area contributed by atoms with Crippen LogP contribution in [0.1, 0.15) is 36.0 Å². The Kier molecular flexibility index (Phi) is 4.93. The second kappa shape index (κ2) is 8.30. The van der Waals surface area contributed by atoms with E-state index in [-0.39, 0.29) is 5.91 Å². The maximum Gasteiger partial charge on any atom is 0.254 e. The third-order valence-electron chi connectivity index (χ3n) is 9.59. The van der Waals surface area contributed by atoms with E-state index in [0.29, 0.717) is 42.3 Å². The molecule has 8 rings (SSSR count). The Morgan fingerprint density at radius 3 is 2.76 bits per heavy atom. The van der Waals surface area contributed by atoms with Crippen LogP contribution in [-0.2, 0) is 17.8 Å². The van der Waals surface area contributed by atoms with Crippen molar-refractivity contribution in [3.63, 3.8) is 0 Å². The molecule has 4 heterocycles. The van der Waals surface area contributed by atoms with Crippen LogP contribution in [0.5, 0.6) is 5.75 Å². The monoisotopic (exact) mass is 511 g/mol. The van der Waals surface area contributed by atoms with E-state index in [1.165, 1.54) is 25.7 Å². The zero-order valence-corrected chi connectivity index (χ0v) is 22.0. The van der Waals surface area contributed by atoms with Crippen LogP contribution >= 0.6 is 0 Å². The summed E-state index contributed by atoms with van der Waals surface area (Å²) in [5.41, 5.74) is 4.39. The fourth-order valence-electron chi connectivity index (χ4n) is 7.48. The molecule has 3 aromatic heterocycles. The highest BCUT2D eigenvalue weighted by Gasteiger charge is 2.61. The number of methoxy groups -OCH3 is 2. The number of nitrogens with zero attached hydrogens (tertiary/aromatic N) is 5. The minimum Gasteiger partial charge on any atom is -0.494 e. The van der Waals surface area contributed by atoms with Gasteiger partial charge in [0.25, 0.3) is 5.91 Å². The molecule has 1 unspecified atom stereocenters. The summed E-state index contributed by atoms with van der Waals surface area (Å²) in [5.74, 6) is 4.64. The summed E-state index contributed by atoms with van der Waals surface area (Å²) in [7, 11) is 3.39. The lowest BCUT2D eigenvalue weighted by Crippen LogP contribution is -2.53. The lowest BCUT2D eigenvalue weighted by molar-refractivity contribution is -0.0204. The van der Waals surface area contributed by atoms with Crippen molar-refractivity contribution >= 4 is 28.0 Å². The minimum absolute atomic E-state index is 0.114. The number of carbonyl (C=O) groups is 1. The Morgan fingerprint density at radius 2 is 2.00 bits per heavy atom. The zero-order valence-electron chi connectivity index (χ0n) is 22.0. The molecule has 4 atom stereocenters. The van der Waals surface area contributed by atoms with E-state index in [9.17, 15) is 4.79 Å².